The fourth-order valence-electron chi connectivity index (χ4n) is 1.49. The van der Waals surface area contributed by atoms with E-state index in [9.17, 15) is 0 Å². The average molecular weight is 316 g/mol. The van der Waals surface area contributed by atoms with Gasteiger partial charge in [0.15, 0.2) is 0 Å². The third-order valence-electron chi connectivity index (χ3n) is 2.42. The van der Waals surface area contributed by atoms with Gasteiger partial charge in [-0.1, -0.05) is 16.8 Å². The van der Waals surface area contributed by atoms with Gasteiger partial charge in [-0.05, 0) is 47.1 Å². The lowest BCUT2D eigenvalue weighted by molar-refractivity contribution is 0.792. The van der Waals surface area contributed by atoms with Gasteiger partial charge in [-0.3, -0.25) is 0 Å². The van der Waals surface area contributed by atoms with Crippen LogP contribution in [0.1, 0.15) is 11.3 Å². The molecule has 0 unspecified atom stereocenters. The molecule has 0 fully saturated rings. The van der Waals surface area contributed by atoms with Gasteiger partial charge in [0.25, 0.3) is 0 Å². The summed E-state index contributed by atoms with van der Waals surface area (Å²) in [4.78, 5) is 0. The first-order chi connectivity index (χ1) is 8.11. The molecule has 0 bridgehead atoms. The lowest BCUT2D eigenvalue weighted by Gasteiger charge is -2.06. The minimum atomic E-state index is 0.564. The molecule has 0 aliphatic rings. The summed E-state index contributed by atoms with van der Waals surface area (Å²) in [5.41, 5.74) is 8.24. The first-order valence-electron chi connectivity index (χ1n) is 5.19. The largest absolute Gasteiger partial charge is 0.330 e. The van der Waals surface area contributed by atoms with Gasteiger partial charge in [-0.25, -0.2) is 4.68 Å². The monoisotopic (exact) mass is 314 g/mol. The maximum absolute atomic E-state index is 6.10. The Bertz CT molecular complexity index is 538. The van der Waals surface area contributed by atoms with Gasteiger partial charge in [0, 0.05) is 15.9 Å². The van der Waals surface area contributed by atoms with Crippen molar-refractivity contribution in [2.75, 3.05) is 6.54 Å². The van der Waals surface area contributed by atoms with Gasteiger partial charge in [-0.2, -0.15) is 0 Å². The molecule has 2 N–H and O–H groups in total. The van der Waals surface area contributed by atoms with Crippen LogP contribution in [0.5, 0.6) is 0 Å². The summed E-state index contributed by atoms with van der Waals surface area (Å²) in [7, 11) is 0. The van der Waals surface area contributed by atoms with Crippen molar-refractivity contribution in [3.05, 3.63) is 39.1 Å². The third kappa shape index (κ3) is 2.68. The van der Waals surface area contributed by atoms with E-state index < -0.39 is 0 Å². The molecule has 2 rings (SSSR count). The molecule has 1 aromatic heterocycles. The smallest absolute Gasteiger partial charge is 0.0844 e. The second-order valence-corrected chi connectivity index (χ2v) is 5.01. The Hall–Kier alpha value is -0.910. The van der Waals surface area contributed by atoms with E-state index in [1.165, 1.54) is 0 Å². The number of nitrogens with two attached hydrogens (primary N) is 1. The molecule has 0 amide bonds. The summed E-state index contributed by atoms with van der Waals surface area (Å²) in [6.45, 7) is 2.52. The summed E-state index contributed by atoms with van der Waals surface area (Å²) in [6.07, 6.45) is 2.58. The molecule has 0 spiro atoms. The first-order valence-corrected chi connectivity index (χ1v) is 6.36. The van der Waals surface area contributed by atoms with Crippen molar-refractivity contribution in [2.24, 2.45) is 5.73 Å². The topological polar surface area (TPSA) is 56.7 Å². The molecule has 0 saturated heterocycles. The van der Waals surface area contributed by atoms with Crippen LogP contribution in [0.4, 0.5) is 0 Å². The molecule has 0 saturated carbocycles. The lowest BCUT2D eigenvalue weighted by atomic mass is 10.2. The normalized spacial score (nSPS) is 10.8. The maximum Gasteiger partial charge on any atom is 0.0844 e. The molecule has 17 heavy (non-hydrogen) atoms. The maximum atomic E-state index is 6.10. The summed E-state index contributed by atoms with van der Waals surface area (Å²) in [5.74, 6) is 0. The SMILES string of the molecule is Cc1cc(Br)c(-n2cc(CCN)nn2)cc1Cl. The van der Waals surface area contributed by atoms with Crippen molar-refractivity contribution in [3.63, 3.8) is 0 Å². The molecule has 0 aliphatic heterocycles. The van der Waals surface area contributed by atoms with Gasteiger partial charge in [0.2, 0.25) is 0 Å². The van der Waals surface area contributed by atoms with Gasteiger partial charge >= 0.3 is 0 Å². The number of halogens is 2. The fraction of sp³-hybridized carbons (Fsp3) is 0.273. The molecule has 1 aromatic carbocycles. The van der Waals surface area contributed by atoms with Crippen LogP contribution < -0.4 is 5.73 Å². The van der Waals surface area contributed by atoms with Crippen LogP contribution in [0.15, 0.2) is 22.8 Å². The van der Waals surface area contributed by atoms with Crippen molar-refractivity contribution >= 4 is 27.5 Å². The highest BCUT2D eigenvalue weighted by molar-refractivity contribution is 9.10. The Morgan fingerprint density at radius 1 is 1.47 bits per heavy atom. The van der Waals surface area contributed by atoms with Gasteiger partial charge in [0.05, 0.1) is 17.6 Å². The molecule has 0 radical (unpaired) electrons. The molecule has 1 heterocycles. The summed E-state index contributed by atoms with van der Waals surface area (Å²) in [6, 6.07) is 3.82. The van der Waals surface area contributed by atoms with E-state index in [-0.39, 0.29) is 0 Å². The molecular weight excluding hydrogens is 304 g/mol. The van der Waals surface area contributed by atoms with E-state index in [0.29, 0.717) is 11.6 Å². The van der Waals surface area contributed by atoms with E-state index in [1.54, 1.807) is 4.68 Å². The van der Waals surface area contributed by atoms with Gasteiger partial charge < -0.3 is 5.73 Å². The Kier molecular flexibility index (Phi) is 3.81. The average Bonchev–Trinajstić information content (AvgIpc) is 2.72. The number of aryl methyl sites for hydroxylation is 1. The van der Waals surface area contributed by atoms with Crippen LogP contribution in [0.2, 0.25) is 5.02 Å². The summed E-state index contributed by atoms with van der Waals surface area (Å²) >= 11 is 9.60. The Labute approximate surface area is 113 Å². The number of aromatic nitrogens is 3. The van der Waals surface area contributed by atoms with Crippen molar-refractivity contribution in [1.29, 1.82) is 0 Å². The molecule has 2 aromatic rings. The Morgan fingerprint density at radius 3 is 2.94 bits per heavy atom. The molecule has 4 nitrogen and oxygen atoms in total. The number of benzene rings is 1. The second kappa shape index (κ2) is 5.16. The summed E-state index contributed by atoms with van der Waals surface area (Å²) in [5, 5.41) is 8.81. The standard InChI is InChI=1S/C11H12BrClN4/c1-7-4-9(12)11(5-10(7)13)17-6-8(2-3-14)15-16-17/h4-6H,2-3,14H2,1H3. The van der Waals surface area contributed by atoms with Crippen molar-refractivity contribution in [3.8, 4) is 5.69 Å². The third-order valence-corrected chi connectivity index (χ3v) is 3.46. The van der Waals surface area contributed by atoms with Crippen LogP contribution in [-0.2, 0) is 6.42 Å². The van der Waals surface area contributed by atoms with Crippen molar-refractivity contribution in [2.45, 2.75) is 13.3 Å². The Balaban J connectivity index is 2.41. The highest BCUT2D eigenvalue weighted by atomic mass is 79.9. The van der Waals surface area contributed by atoms with Crippen LogP contribution in [-0.4, -0.2) is 21.5 Å². The molecule has 0 aliphatic carbocycles. The quantitative estimate of drug-likeness (QED) is 0.947. The predicted octanol–water partition coefficient (Wildman–Crippen LogP) is 2.49. The highest BCUT2D eigenvalue weighted by Crippen LogP contribution is 2.27. The highest BCUT2D eigenvalue weighted by Gasteiger charge is 2.08. The zero-order chi connectivity index (χ0) is 12.4. The molecule has 0 atom stereocenters. The number of hydrogen-bond donors (Lipinski definition) is 1. The minimum Gasteiger partial charge on any atom is -0.330 e. The van der Waals surface area contributed by atoms with Crippen LogP contribution in [0.3, 0.4) is 0 Å². The zero-order valence-electron chi connectivity index (χ0n) is 9.32. The first kappa shape index (κ1) is 12.5. The molecule has 90 valence electrons. The minimum absolute atomic E-state index is 0.564. The number of nitrogens with zero attached hydrogens (tertiary/aromatic N) is 3. The van der Waals surface area contributed by atoms with E-state index in [0.717, 1.165) is 27.8 Å². The molecule has 6 heteroatoms. The fourth-order valence-corrected chi connectivity index (χ4v) is 2.29. The summed E-state index contributed by atoms with van der Waals surface area (Å²) < 4.78 is 2.63. The molecular formula is C11H12BrClN4. The van der Waals surface area contributed by atoms with E-state index >= 15 is 0 Å². The number of hydrogen-bond acceptors (Lipinski definition) is 3. The number of rotatable bonds is 3. The van der Waals surface area contributed by atoms with E-state index in [1.807, 2.05) is 25.3 Å². The van der Waals surface area contributed by atoms with Crippen molar-refractivity contribution in [1.82, 2.24) is 15.0 Å². The van der Waals surface area contributed by atoms with Crippen LogP contribution in [0, 0.1) is 6.92 Å². The van der Waals surface area contributed by atoms with E-state index in [2.05, 4.69) is 26.2 Å². The predicted molar refractivity (Wildman–Crippen MR) is 71.6 cm³/mol. The van der Waals surface area contributed by atoms with Crippen LogP contribution >= 0.6 is 27.5 Å². The van der Waals surface area contributed by atoms with Crippen LogP contribution in [0.25, 0.3) is 5.69 Å². The van der Waals surface area contributed by atoms with Crippen molar-refractivity contribution < 1.29 is 0 Å². The van der Waals surface area contributed by atoms with E-state index in [4.69, 9.17) is 17.3 Å². The zero-order valence-corrected chi connectivity index (χ0v) is 11.7. The Morgan fingerprint density at radius 2 is 2.24 bits per heavy atom. The van der Waals surface area contributed by atoms with Gasteiger partial charge in [0.1, 0.15) is 0 Å². The van der Waals surface area contributed by atoms with Gasteiger partial charge in [-0.15, -0.1) is 5.10 Å². The lowest BCUT2D eigenvalue weighted by Crippen LogP contribution is -2.02. The second-order valence-electron chi connectivity index (χ2n) is 3.75.